The fourth-order valence-corrected chi connectivity index (χ4v) is 2.74. The summed E-state index contributed by atoms with van der Waals surface area (Å²) in [5.74, 6) is 2.35. The molecule has 0 heterocycles. The van der Waals surface area contributed by atoms with Crippen LogP contribution in [-0.4, -0.2) is 12.2 Å². The summed E-state index contributed by atoms with van der Waals surface area (Å²) in [6.07, 6.45) is 4.81. The summed E-state index contributed by atoms with van der Waals surface area (Å²) in [5, 5.41) is 0. The second-order valence-electron chi connectivity index (χ2n) is 7.51. The van der Waals surface area contributed by atoms with Crippen molar-refractivity contribution in [2.24, 2.45) is 23.2 Å². The van der Waals surface area contributed by atoms with Gasteiger partial charge in [-0.05, 0) is 42.9 Å². The highest BCUT2D eigenvalue weighted by Crippen LogP contribution is 2.37. The van der Waals surface area contributed by atoms with E-state index in [-0.39, 0.29) is 5.41 Å². The zero-order valence-corrected chi connectivity index (χ0v) is 12.9. The van der Waals surface area contributed by atoms with Crippen LogP contribution >= 0.6 is 0 Å². The Labute approximate surface area is 108 Å². The van der Waals surface area contributed by atoms with Gasteiger partial charge in [0.1, 0.15) is 0 Å². The topological polar surface area (TPSA) is 9.23 Å². The van der Waals surface area contributed by atoms with E-state index >= 15 is 0 Å². The predicted molar refractivity (Wildman–Crippen MR) is 75.1 cm³/mol. The first-order chi connectivity index (χ1) is 7.71. The highest BCUT2D eigenvalue weighted by atomic mass is 16.5. The molecule has 0 aromatic heterocycles. The van der Waals surface area contributed by atoms with E-state index in [1.165, 1.54) is 19.3 Å². The van der Waals surface area contributed by atoms with Crippen molar-refractivity contribution in [2.45, 2.75) is 79.9 Å². The van der Waals surface area contributed by atoms with Gasteiger partial charge in [-0.15, -0.1) is 0 Å². The zero-order valence-electron chi connectivity index (χ0n) is 12.9. The van der Waals surface area contributed by atoms with Crippen molar-refractivity contribution in [3.8, 4) is 0 Å². The summed E-state index contributed by atoms with van der Waals surface area (Å²) in [6.45, 7) is 16.1. The summed E-state index contributed by atoms with van der Waals surface area (Å²) in [6, 6.07) is 0. The molecule has 1 heteroatoms. The smallest absolute Gasteiger partial charge is 0.0612 e. The number of ether oxygens (including phenoxy) is 1. The Balaban J connectivity index is 2.64. The number of rotatable bonds is 3. The first-order valence-corrected chi connectivity index (χ1v) is 7.37. The van der Waals surface area contributed by atoms with E-state index in [0.29, 0.717) is 12.2 Å². The largest absolute Gasteiger partial charge is 0.374 e. The van der Waals surface area contributed by atoms with Gasteiger partial charge < -0.3 is 4.74 Å². The average molecular weight is 240 g/mol. The lowest BCUT2D eigenvalue weighted by Gasteiger charge is -2.41. The fourth-order valence-electron chi connectivity index (χ4n) is 2.74. The van der Waals surface area contributed by atoms with E-state index in [2.05, 4.69) is 48.5 Å². The highest BCUT2D eigenvalue weighted by molar-refractivity contribution is 4.83. The van der Waals surface area contributed by atoms with Gasteiger partial charge in [0.2, 0.25) is 0 Å². The van der Waals surface area contributed by atoms with E-state index in [9.17, 15) is 0 Å². The molecule has 4 atom stereocenters. The monoisotopic (exact) mass is 240 g/mol. The zero-order chi connectivity index (χ0) is 13.2. The summed E-state index contributed by atoms with van der Waals surface area (Å²) >= 11 is 0. The van der Waals surface area contributed by atoms with Crippen LogP contribution in [0.4, 0.5) is 0 Å². The molecular formula is C16H32O. The van der Waals surface area contributed by atoms with Gasteiger partial charge in [0, 0.05) is 0 Å². The maximum atomic E-state index is 6.40. The van der Waals surface area contributed by atoms with Gasteiger partial charge in [-0.1, -0.05) is 48.0 Å². The molecule has 1 aliphatic rings. The van der Waals surface area contributed by atoms with Crippen LogP contribution in [0.2, 0.25) is 0 Å². The Morgan fingerprint density at radius 3 is 2.12 bits per heavy atom. The summed E-state index contributed by atoms with van der Waals surface area (Å²) in [5.41, 5.74) is 0.252. The summed E-state index contributed by atoms with van der Waals surface area (Å²) in [7, 11) is 0. The molecule has 102 valence electrons. The molecule has 0 saturated heterocycles. The first kappa shape index (κ1) is 15.0. The Hall–Kier alpha value is -0.0400. The first-order valence-electron chi connectivity index (χ1n) is 7.37. The lowest BCUT2D eigenvalue weighted by atomic mass is 9.75. The molecule has 1 saturated carbocycles. The molecule has 0 aromatic carbocycles. The number of hydrogen-bond acceptors (Lipinski definition) is 1. The van der Waals surface area contributed by atoms with Crippen molar-refractivity contribution in [1.82, 2.24) is 0 Å². The van der Waals surface area contributed by atoms with Crippen molar-refractivity contribution in [3.05, 3.63) is 0 Å². The van der Waals surface area contributed by atoms with E-state index in [1.54, 1.807) is 0 Å². The minimum Gasteiger partial charge on any atom is -0.374 e. The third-order valence-corrected chi connectivity index (χ3v) is 4.56. The average Bonchev–Trinajstić information content (AvgIpc) is 2.15. The van der Waals surface area contributed by atoms with Crippen LogP contribution in [0, 0.1) is 23.2 Å². The van der Waals surface area contributed by atoms with E-state index < -0.39 is 0 Å². The highest BCUT2D eigenvalue weighted by Gasteiger charge is 2.34. The fraction of sp³-hybridized carbons (Fsp3) is 1.00. The minimum absolute atomic E-state index is 0.252. The van der Waals surface area contributed by atoms with E-state index in [4.69, 9.17) is 4.74 Å². The molecule has 1 rings (SSSR count). The van der Waals surface area contributed by atoms with Crippen molar-refractivity contribution in [1.29, 1.82) is 0 Å². The van der Waals surface area contributed by atoms with Crippen LogP contribution in [0.1, 0.15) is 67.7 Å². The Morgan fingerprint density at radius 1 is 1.06 bits per heavy atom. The summed E-state index contributed by atoms with van der Waals surface area (Å²) < 4.78 is 6.40. The van der Waals surface area contributed by atoms with Gasteiger partial charge in [-0.25, -0.2) is 0 Å². The molecule has 0 bridgehead atoms. The quantitative estimate of drug-likeness (QED) is 0.682. The molecule has 1 fully saturated rings. The van der Waals surface area contributed by atoms with Gasteiger partial charge in [0.25, 0.3) is 0 Å². The predicted octanol–water partition coefficient (Wildman–Crippen LogP) is 4.90. The third-order valence-electron chi connectivity index (χ3n) is 4.56. The van der Waals surface area contributed by atoms with Gasteiger partial charge in [-0.2, -0.15) is 0 Å². The van der Waals surface area contributed by atoms with Crippen LogP contribution in [-0.2, 0) is 4.74 Å². The third kappa shape index (κ3) is 4.28. The second-order valence-corrected chi connectivity index (χ2v) is 7.51. The van der Waals surface area contributed by atoms with Crippen LogP contribution in [0.3, 0.4) is 0 Å². The standard InChI is InChI=1S/C16H32O/c1-11(2)14-9-8-12(3)10-15(14)17-13(4)16(5,6)7/h11-15H,8-10H2,1-7H3. The maximum absolute atomic E-state index is 6.40. The molecule has 0 N–H and O–H groups in total. The minimum atomic E-state index is 0.252. The summed E-state index contributed by atoms with van der Waals surface area (Å²) in [4.78, 5) is 0. The van der Waals surface area contributed by atoms with E-state index in [0.717, 1.165) is 17.8 Å². The second kappa shape index (κ2) is 5.73. The van der Waals surface area contributed by atoms with Crippen LogP contribution in [0.5, 0.6) is 0 Å². The lowest BCUT2D eigenvalue weighted by Crippen LogP contribution is -2.39. The van der Waals surface area contributed by atoms with E-state index in [1.807, 2.05) is 0 Å². The SMILES string of the molecule is CC1CCC(C(C)C)C(OC(C)C(C)(C)C)C1. The van der Waals surface area contributed by atoms with Crippen molar-refractivity contribution in [2.75, 3.05) is 0 Å². The van der Waals surface area contributed by atoms with Gasteiger partial charge >= 0.3 is 0 Å². The van der Waals surface area contributed by atoms with Crippen molar-refractivity contribution >= 4 is 0 Å². The number of hydrogen-bond donors (Lipinski definition) is 0. The molecular weight excluding hydrogens is 208 g/mol. The lowest BCUT2D eigenvalue weighted by molar-refractivity contribution is -0.108. The molecule has 0 spiro atoms. The molecule has 0 aromatic rings. The van der Waals surface area contributed by atoms with Crippen LogP contribution < -0.4 is 0 Å². The molecule has 1 nitrogen and oxygen atoms in total. The molecule has 17 heavy (non-hydrogen) atoms. The van der Waals surface area contributed by atoms with Gasteiger partial charge in [0.15, 0.2) is 0 Å². The molecule has 4 unspecified atom stereocenters. The van der Waals surface area contributed by atoms with Crippen LogP contribution in [0.15, 0.2) is 0 Å². The maximum Gasteiger partial charge on any atom is 0.0612 e. The molecule has 0 aliphatic heterocycles. The normalized spacial score (nSPS) is 32.8. The Morgan fingerprint density at radius 2 is 1.65 bits per heavy atom. The Bertz CT molecular complexity index is 226. The molecule has 0 radical (unpaired) electrons. The van der Waals surface area contributed by atoms with Crippen molar-refractivity contribution in [3.63, 3.8) is 0 Å². The van der Waals surface area contributed by atoms with Crippen LogP contribution in [0.25, 0.3) is 0 Å². The molecule has 0 amide bonds. The van der Waals surface area contributed by atoms with Gasteiger partial charge in [-0.3, -0.25) is 0 Å². The van der Waals surface area contributed by atoms with Gasteiger partial charge in [0.05, 0.1) is 12.2 Å². The van der Waals surface area contributed by atoms with Crippen molar-refractivity contribution < 1.29 is 4.74 Å². The molecule has 1 aliphatic carbocycles. The Kier molecular flexibility index (Phi) is 5.07.